The molecule has 0 spiro atoms. The van der Waals surface area contributed by atoms with E-state index in [1.807, 2.05) is 6.92 Å². The molecular formula is C11H18. The molecule has 0 atom stereocenters. The molecular weight excluding hydrogens is 132 g/mol. The van der Waals surface area contributed by atoms with E-state index in [9.17, 15) is 0 Å². The van der Waals surface area contributed by atoms with Crippen molar-refractivity contribution in [3.63, 3.8) is 0 Å². The van der Waals surface area contributed by atoms with E-state index < -0.39 is 0 Å². The molecule has 0 unspecified atom stereocenters. The molecule has 0 radical (unpaired) electrons. The monoisotopic (exact) mass is 150 g/mol. The number of hydrogen-bond acceptors (Lipinski definition) is 0. The Morgan fingerprint density at radius 3 is 2.18 bits per heavy atom. The van der Waals surface area contributed by atoms with Crippen molar-refractivity contribution in [3.8, 4) is 0 Å². The molecule has 0 nitrogen and oxygen atoms in total. The zero-order chi connectivity index (χ0) is 8.69. The Labute approximate surface area is 70.3 Å². The molecule has 0 rings (SSSR count). The summed E-state index contributed by atoms with van der Waals surface area (Å²) in [5.41, 5.74) is 2.72. The quantitative estimate of drug-likeness (QED) is 0.423. The van der Waals surface area contributed by atoms with Crippen LogP contribution in [0.15, 0.2) is 35.5 Å². The van der Waals surface area contributed by atoms with E-state index in [1.54, 1.807) is 0 Å². The molecule has 0 bridgehead atoms. The van der Waals surface area contributed by atoms with E-state index in [0.29, 0.717) is 0 Å². The average Bonchev–Trinajstić information content (AvgIpc) is 1.87. The highest BCUT2D eigenvalue weighted by Gasteiger charge is 1.79. The van der Waals surface area contributed by atoms with Gasteiger partial charge in [0.05, 0.1) is 0 Å². The van der Waals surface area contributed by atoms with Crippen molar-refractivity contribution in [1.29, 1.82) is 0 Å². The summed E-state index contributed by atoms with van der Waals surface area (Å²) in [7, 11) is 0. The van der Waals surface area contributed by atoms with Gasteiger partial charge in [0.1, 0.15) is 0 Å². The van der Waals surface area contributed by atoms with Crippen molar-refractivity contribution >= 4 is 0 Å². The van der Waals surface area contributed by atoms with Crippen LogP contribution in [-0.4, -0.2) is 0 Å². The second kappa shape index (κ2) is 5.96. The maximum Gasteiger partial charge on any atom is -0.0161 e. The Kier molecular flexibility index (Phi) is 5.54. The van der Waals surface area contributed by atoms with Crippen LogP contribution in [0.1, 0.15) is 34.1 Å². The van der Waals surface area contributed by atoms with Crippen molar-refractivity contribution in [1.82, 2.24) is 0 Å². The smallest absolute Gasteiger partial charge is 0.0161 e. The van der Waals surface area contributed by atoms with Crippen molar-refractivity contribution in [2.24, 2.45) is 0 Å². The highest BCUT2D eigenvalue weighted by atomic mass is 13.9. The second-order valence-corrected chi connectivity index (χ2v) is 2.97. The molecule has 0 aromatic rings. The van der Waals surface area contributed by atoms with Gasteiger partial charge in [0, 0.05) is 0 Å². The lowest BCUT2D eigenvalue weighted by Gasteiger charge is -1.90. The standard InChI is InChI=1S/C11H18/c1-5-7-11(4)9-6-8-10(2)3/h5,7-9H,6H2,1-4H3/b7-5+,11-9?. The number of rotatable bonds is 3. The molecule has 0 aliphatic heterocycles. The third-order valence-corrected chi connectivity index (χ3v) is 1.40. The molecule has 0 aromatic heterocycles. The van der Waals surface area contributed by atoms with Crippen molar-refractivity contribution in [2.45, 2.75) is 34.1 Å². The fraction of sp³-hybridized carbons (Fsp3) is 0.455. The van der Waals surface area contributed by atoms with Gasteiger partial charge in [-0.2, -0.15) is 0 Å². The summed E-state index contributed by atoms with van der Waals surface area (Å²) >= 11 is 0. The lowest BCUT2D eigenvalue weighted by atomic mass is 10.2. The first-order valence-electron chi connectivity index (χ1n) is 4.09. The van der Waals surface area contributed by atoms with Gasteiger partial charge in [-0.1, -0.05) is 35.5 Å². The van der Waals surface area contributed by atoms with E-state index in [2.05, 4.69) is 45.1 Å². The molecule has 0 amide bonds. The SMILES string of the molecule is C/C=C/C(C)=CCC=C(C)C. The van der Waals surface area contributed by atoms with Gasteiger partial charge in [0.2, 0.25) is 0 Å². The largest absolute Gasteiger partial charge is 0.0874 e. The predicted molar refractivity (Wildman–Crippen MR) is 52.6 cm³/mol. The van der Waals surface area contributed by atoms with Gasteiger partial charge in [0.15, 0.2) is 0 Å². The Morgan fingerprint density at radius 1 is 1.09 bits per heavy atom. The molecule has 0 saturated carbocycles. The van der Waals surface area contributed by atoms with Crippen LogP contribution in [0.25, 0.3) is 0 Å². The summed E-state index contributed by atoms with van der Waals surface area (Å²) in [6.07, 6.45) is 9.70. The van der Waals surface area contributed by atoms with Gasteiger partial charge in [-0.3, -0.25) is 0 Å². The highest BCUT2D eigenvalue weighted by molar-refractivity contribution is 5.16. The van der Waals surface area contributed by atoms with Crippen LogP contribution in [0.5, 0.6) is 0 Å². The maximum absolute atomic E-state index is 2.23. The van der Waals surface area contributed by atoms with Crippen molar-refractivity contribution in [2.75, 3.05) is 0 Å². The van der Waals surface area contributed by atoms with Gasteiger partial charge in [-0.05, 0) is 34.1 Å². The summed E-state index contributed by atoms with van der Waals surface area (Å²) in [5.74, 6) is 0. The van der Waals surface area contributed by atoms with E-state index in [-0.39, 0.29) is 0 Å². The van der Waals surface area contributed by atoms with Crippen LogP contribution in [0.3, 0.4) is 0 Å². The van der Waals surface area contributed by atoms with E-state index in [1.165, 1.54) is 11.1 Å². The van der Waals surface area contributed by atoms with Gasteiger partial charge in [-0.25, -0.2) is 0 Å². The van der Waals surface area contributed by atoms with E-state index in [0.717, 1.165) is 6.42 Å². The van der Waals surface area contributed by atoms with Crippen LogP contribution in [-0.2, 0) is 0 Å². The predicted octanol–water partition coefficient (Wildman–Crippen LogP) is 3.87. The van der Waals surface area contributed by atoms with E-state index in [4.69, 9.17) is 0 Å². The van der Waals surface area contributed by atoms with Crippen LogP contribution < -0.4 is 0 Å². The minimum absolute atomic E-state index is 1.05. The molecule has 0 aliphatic carbocycles. The normalized spacial score (nSPS) is 12.2. The van der Waals surface area contributed by atoms with Crippen LogP contribution in [0.2, 0.25) is 0 Å². The van der Waals surface area contributed by atoms with E-state index >= 15 is 0 Å². The van der Waals surface area contributed by atoms with Gasteiger partial charge in [0.25, 0.3) is 0 Å². The van der Waals surface area contributed by atoms with Crippen molar-refractivity contribution in [3.05, 3.63) is 35.5 Å². The minimum Gasteiger partial charge on any atom is -0.0874 e. The molecule has 0 heterocycles. The summed E-state index contributed by atoms with van der Waals surface area (Å²) in [6, 6.07) is 0. The lowest BCUT2D eigenvalue weighted by molar-refractivity contribution is 1.26. The van der Waals surface area contributed by atoms with Gasteiger partial charge < -0.3 is 0 Å². The molecule has 0 saturated heterocycles. The highest BCUT2D eigenvalue weighted by Crippen LogP contribution is 2.00. The first-order valence-corrected chi connectivity index (χ1v) is 4.09. The van der Waals surface area contributed by atoms with Crippen LogP contribution in [0.4, 0.5) is 0 Å². The Morgan fingerprint density at radius 2 is 1.73 bits per heavy atom. The van der Waals surface area contributed by atoms with Crippen LogP contribution in [0, 0.1) is 0 Å². The van der Waals surface area contributed by atoms with Crippen LogP contribution >= 0.6 is 0 Å². The molecule has 11 heavy (non-hydrogen) atoms. The van der Waals surface area contributed by atoms with Gasteiger partial charge in [-0.15, -0.1) is 0 Å². The fourth-order valence-corrected chi connectivity index (χ4v) is 0.811. The number of allylic oxidation sites excluding steroid dienone is 6. The lowest BCUT2D eigenvalue weighted by Crippen LogP contribution is -1.69. The summed E-state index contributed by atoms with van der Waals surface area (Å²) in [4.78, 5) is 0. The average molecular weight is 150 g/mol. The fourth-order valence-electron chi connectivity index (χ4n) is 0.811. The second-order valence-electron chi connectivity index (χ2n) is 2.97. The summed E-state index contributed by atoms with van der Waals surface area (Å²) in [5, 5.41) is 0. The Hall–Kier alpha value is -0.780. The zero-order valence-electron chi connectivity index (χ0n) is 8.02. The van der Waals surface area contributed by atoms with Crippen molar-refractivity contribution < 1.29 is 0 Å². The molecule has 0 N–H and O–H groups in total. The molecule has 62 valence electrons. The minimum atomic E-state index is 1.05. The third kappa shape index (κ3) is 7.11. The number of hydrogen-bond donors (Lipinski definition) is 0. The molecule has 0 fully saturated rings. The third-order valence-electron chi connectivity index (χ3n) is 1.40. The Balaban J connectivity index is 3.83. The topological polar surface area (TPSA) is 0 Å². The summed E-state index contributed by atoms with van der Waals surface area (Å²) < 4.78 is 0. The first kappa shape index (κ1) is 10.2. The first-order chi connectivity index (χ1) is 5.16. The molecule has 0 aliphatic rings. The zero-order valence-corrected chi connectivity index (χ0v) is 8.02. The van der Waals surface area contributed by atoms with Gasteiger partial charge >= 0.3 is 0 Å². The molecule has 0 heteroatoms. The summed E-state index contributed by atoms with van der Waals surface area (Å²) in [6.45, 7) is 8.41. The Bertz CT molecular complexity index is 176. The maximum atomic E-state index is 2.23. The molecule has 0 aromatic carbocycles.